The molecule has 1 saturated carbocycles. The number of nitrogens with zero attached hydrogens (tertiary/aromatic N) is 1. The summed E-state index contributed by atoms with van der Waals surface area (Å²) in [5.74, 6) is 1.09. The second-order valence-electron chi connectivity index (χ2n) is 2.99. The van der Waals surface area contributed by atoms with Crippen molar-refractivity contribution in [3.05, 3.63) is 0 Å². The first-order valence-electron chi connectivity index (χ1n) is 3.23. The van der Waals surface area contributed by atoms with Gasteiger partial charge in [-0.15, -0.1) is 0 Å². The predicted molar refractivity (Wildman–Crippen MR) is 41.8 cm³/mol. The van der Waals surface area contributed by atoms with Gasteiger partial charge in [0.1, 0.15) is 0 Å². The maximum atomic E-state index is 2.49. The van der Waals surface area contributed by atoms with Gasteiger partial charge in [0, 0.05) is 34.9 Å². The van der Waals surface area contributed by atoms with Gasteiger partial charge in [0.2, 0.25) is 0 Å². The molecule has 2 aliphatic rings. The molecule has 0 aromatic heterocycles. The van der Waals surface area contributed by atoms with E-state index < -0.39 is 0 Å². The molecule has 0 radical (unpaired) electrons. The van der Waals surface area contributed by atoms with Gasteiger partial charge in [-0.3, -0.25) is 0 Å². The van der Waals surface area contributed by atoms with Crippen LogP contribution in [0.3, 0.4) is 0 Å². The molecular formula is C6H10IN. The van der Waals surface area contributed by atoms with Crippen LogP contribution in [0, 0.1) is 5.92 Å². The maximum absolute atomic E-state index is 2.49. The lowest BCUT2D eigenvalue weighted by molar-refractivity contribution is 0.443. The van der Waals surface area contributed by atoms with E-state index in [1.807, 2.05) is 0 Å². The minimum absolute atomic E-state index is 0.861. The van der Waals surface area contributed by atoms with Gasteiger partial charge in [-0.05, 0) is 25.7 Å². The van der Waals surface area contributed by atoms with Crippen molar-refractivity contribution in [3.8, 4) is 0 Å². The highest BCUT2D eigenvalue weighted by atomic mass is 127. The average Bonchev–Trinajstić information content (AvgIpc) is 2.39. The monoisotopic (exact) mass is 223 g/mol. The molecule has 46 valence electrons. The molecule has 0 spiro atoms. The van der Waals surface area contributed by atoms with E-state index in [9.17, 15) is 0 Å². The third kappa shape index (κ3) is 0.620. The van der Waals surface area contributed by atoms with Crippen molar-refractivity contribution < 1.29 is 0 Å². The van der Waals surface area contributed by atoms with Crippen molar-refractivity contribution in [2.24, 2.45) is 5.92 Å². The Balaban J connectivity index is 2.08. The molecule has 2 rings (SSSR count). The van der Waals surface area contributed by atoms with Crippen LogP contribution in [0.2, 0.25) is 0 Å². The molecule has 1 nitrogen and oxygen atoms in total. The lowest BCUT2D eigenvalue weighted by atomic mass is 10.2. The van der Waals surface area contributed by atoms with Crippen LogP contribution in [-0.2, 0) is 0 Å². The van der Waals surface area contributed by atoms with E-state index in [4.69, 9.17) is 0 Å². The lowest BCUT2D eigenvalue weighted by Gasteiger charge is -2.14. The van der Waals surface area contributed by atoms with E-state index in [1.165, 1.54) is 12.8 Å². The first-order chi connectivity index (χ1) is 3.79. The summed E-state index contributed by atoms with van der Waals surface area (Å²) >= 11 is 2.46. The number of halogens is 1. The quantitative estimate of drug-likeness (QED) is 0.447. The fourth-order valence-electron chi connectivity index (χ4n) is 1.65. The Morgan fingerprint density at radius 3 is 2.50 bits per heavy atom. The first-order valence-corrected chi connectivity index (χ1v) is 4.19. The summed E-state index contributed by atoms with van der Waals surface area (Å²) in [4.78, 5) is 0. The third-order valence-electron chi connectivity index (χ3n) is 2.27. The molecule has 3 atom stereocenters. The molecule has 1 aliphatic carbocycles. The summed E-state index contributed by atoms with van der Waals surface area (Å²) in [5, 5.41) is 0. The number of piperidine rings is 1. The topological polar surface area (TPSA) is 3.24 Å². The van der Waals surface area contributed by atoms with E-state index in [1.54, 1.807) is 0 Å². The molecular weight excluding hydrogens is 213 g/mol. The van der Waals surface area contributed by atoms with E-state index >= 15 is 0 Å². The molecule has 1 heterocycles. The summed E-state index contributed by atoms with van der Waals surface area (Å²) in [6.45, 7) is 2.32. The van der Waals surface area contributed by atoms with Crippen LogP contribution in [0.4, 0.5) is 0 Å². The molecule has 1 aliphatic heterocycles. The van der Waals surface area contributed by atoms with E-state index in [-0.39, 0.29) is 0 Å². The van der Waals surface area contributed by atoms with Gasteiger partial charge in [0.25, 0.3) is 0 Å². The second-order valence-corrected chi connectivity index (χ2v) is 4.11. The van der Waals surface area contributed by atoms with Crippen molar-refractivity contribution >= 4 is 22.9 Å². The zero-order valence-electron chi connectivity index (χ0n) is 4.97. The van der Waals surface area contributed by atoms with Crippen LogP contribution in [-0.4, -0.2) is 15.2 Å². The molecule has 0 bridgehead atoms. The van der Waals surface area contributed by atoms with E-state index in [0.29, 0.717) is 0 Å². The molecule has 0 aromatic carbocycles. The normalized spacial score (nSPS) is 54.0. The summed E-state index contributed by atoms with van der Waals surface area (Å²) in [6.07, 6.45) is 2.93. The van der Waals surface area contributed by atoms with Crippen LogP contribution < -0.4 is 0 Å². The highest BCUT2D eigenvalue weighted by molar-refractivity contribution is 14.1. The third-order valence-corrected chi connectivity index (χ3v) is 3.93. The Hall–Kier alpha value is 0.690. The van der Waals surface area contributed by atoms with Crippen LogP contribution in [0.25, 0.3) is 0 Å². The molecule has 0 amide bonds. The van der Waals surface area contributed by atoms with Crippen molar-refractivity contribution in [1.82, 2.24) is 3.11 Å². The maximum Gasteiger partial charge on any atom is 0.0229 e. The minimum atomic E-state index is 0.861. The van der Waals surface area contributed by atoms with Crippen LogP contribution >= 0.6 is 22.9 Å². The molecule has 8 heavy (non-hydrogen) atoms. The van der Waals surface area contributed by atoms with Crippen LogP contribution in [0.15, 0.2) is 0 Å². The fourth-order valence-corrected chi connectivity index (χ4v) is 2.56. The van der Waals surface area contributed by atoms with Crippen molar-refractivity contribution in [1.29, 1.82) is 0 Å². The lowest BCUT2D eigenvalue weighted by Crippen LogP contribution is -2.18. The molecule has 1 saturated heterocycles. The molecule has 0 unspecified atom stereocenters. The van der Waals surface area contributed by atoms with Gasteiger partial charge in [-0.1, -0.05) is 0 Å². The molecule has 2 heteroatoms. The molecule has 0 N–H and O–H groups in total. The number of hydrogen-bond donors (Lipinski definition) is 0. The van der Waals surface area contributed by atoms with Gasteiger partial charge in [0.15, 0.2) is 0 Å². The predicted octanol–water partition coefficient (Wildman–Crippen LogP) is 1.82. The molecule has 2 fully saturated rings. The highest BCUT2D eigenvalue weighted by Gasteiger charge is 2.49. The van der Waals surface area contributed by atoms with Gasteiger partial charge >= 0.3 is 0 Å². The Morgan fingerprint density at radius 2 is 2.25 bits per heavy atom. The van der Waals surface area contributed by atoms with Crippen molar-refractivity contribution in [3.63, 3.8) is 0 Å². The Labute approximate surface area is 63.9 Å². The smallest absolute Gasteiger partial charge is 0.0229 e. The van der Waals surface area contributed by atoms with Gasteiger partial charge in [0.05, 0.1) is 0 Å². The van der Waals surface area contributed by atoms with Crippen LogP contribution in [0.5, 0.6) is 0 Å². The van der Waals surface area contributed by atoms with Gasteiger partial charge < -0.3 is 0 Å². The van der Waals surface area contributed by atoms with Crippen LogP contribution in [0.1, 0.15) is 19.8 Å². The minimum Gasteiger partial charge on any atom is -0.241 e. The van der Waals surface area contributed by atoms with Gasteiger partial charge in [-0.25, -0.2) is 3.11 Å². The second kappa shape index (κ2) is 1.59. The van der Waals surface area contributed by atoms with E-state index in [2.05, 4.69) is 32.9 Å². The first kappa shape index (κ1) is 5.47. The Kier molecular flexibility index (Phi) is 1.09. The van der Waals surface area contributed by atoms with Gasteiger partial charge in [-0.2, -0.15) is 0 Å². The summed E-state index contributed by atoms with van der Waals surface area (Å²) < 4.78 is 2.49. The fraction of sp³-hybridized carbons (Fsp3) is 1.00. The Bertz CT molecular complexity index is 113. The number of hydrogen-bond acceptors (Lipinski definition) is 1. The number of fused-ring (bicyclic) bond motifs is 1. The van der Waals surface area contributed by atoms with E-state index in [0.717, 1.165) is 18.0 Å². The average molecular weight is 223 g/mol. The summed E-state index contributed by atoms with van der Waals surface area (Å²) in [6, 6.07) is 1.84. The zero-order chi connectivity index (χ0) is 5.72. The molecule has 0 aromatic rings. The Morgan fingerprint density at radius 1 is 1.50 bits per heavy atom. The summed E-state index contributed by atoms with van der Waals surface area (Å²) in [5.41, 5.74) is 0. The largest absolute Gasteiger partial charge is 0.241 e. The number of rotatable bonds is 0. The van der Waals surface area contributed by atoms with Crippen molar-refractivity contribution in [2.45, 2.75) is 31.8 Å². The SMILES string of the molecule is C[C@@H]1C[C@@H]2C[C@@H]2N1I. The standard InChI is InChI=1S/C6H10IN/c1-4-2-5-3-6(5)8(4)7/h4-6H,2-3H2,1H3/t4-,5-,6+/m1/s1. The summed E-state index contributed by atoms with van der Waals surface area (Å²) in [7, 11) is 0. The zero-order valence-corrected chi connectivity index (χ0v) is 7.13. The highest BCUT2D eigenvalue weighted by Crippen LogP contribution is 2.49. The van der Waals surface area contributed by atoms with Crippen molar-refractivity contribution in [2.75, 3.05) is 0 Å².